The Morgan fingerprint density at radius 1 is 1.10 bits per heavy atom. The normalized spacial score (nSPS) is 10.3. The molecule has 0 saturated carbocycles. The molecule has 0 unspecified atom stereocenters. The second-order valence-corrected chi connectivity index (χ2v) is 4.31. The van der Waals surface area contributed by atoms with Crippen molar-refractivity contribution in [3.05, 3.63) is 28.3 Å². The van der Waals surface area contributed by atoms with Crippen LogP contribution >= 0.6 is 0 Å². The molecule has 0 amide bonds. The van der Waals surface area contributed by atoms with Crippen LogP contribution in [0.15, 0.2) is 18.2 Å². The first-order valence-electron chi connectivity index (χ1n) is 6.94. The Hall–Kier alpha value is -1.82. The van der Waals surface area contributed by atoms with Crippen LogP contribution in [-0.4, -0.2) is 31.2 Å². The second kappa shape index (κ2) is 9.14. The molecule has 0 fully saturated rings. The van der Waals surface area contributed by atoms with E-state index in [1.807, 2.05) is 6.92 Å². The molecule has 0 heterocycles. The van der Waals surface area contributed by atoms with E-state index >= 15 is 0 Å². The van der Waals surface area contributed by atoms with Crippen molar-refractivity contribution in [1.82, 2.24) is 5.32 Å². The first kappa shape index (κ1) is 16.2. The molecule has 0 aromatic heterocycles. The van der Waals surface area contributed by atoms with Gasteiger partial charge in [0.25, 0.3) is 0 Å². The summed E-state index contributed by atoms with van der Waals surface area (Å²) in [4.78, 5) is 10.7. The summed E-state index contributed by atoms with van der Waals surface area (Å²) in [6.45, 7) is 6.43. The van der Waals surface area contributed by atoms with E-state index in [1.54, 1.807) is 18.2 Å². The number of nitrogens with zero attached hydrogens (tertiary/aromatic N) is 1. The molecule has 1 aromatic rings. The van der Waals surface area contributed by atoms with Gasteiger partial charge in [0.2, 0.25) is 11.5 Å². The van der Waals surface area contributed by atoms with Crippen molar-refractivity contribution in [2.24, 2.45) is 0 Å². The van der Waals surface area contributed by atoms with Crippen molar-refractivity contribution in [2.45, 2.75) is 26.7 Å². The van der Waals surface area contributed by atoms with Gasteiger partial charge in [0.05, 0.1) is 11.5 Å². The van der Waals surface area contributed by atoms with Gasteiger partial charge >= 0.3 is 5.69 Å². The second-order valence-electron chi connectivity index (χ2n) is 4.31. The number of rotatable bonds is 10. The molecule has 0 radical (unpaired) electrons. The summed E-state index contributed by atoms with van der Waals surface area (Å²) in [7, 11) is 0. The lowest BCUT2D eigenvalue weighted by Gasteiger charge is -2.10. The van der Waals surface area contributed by atoms with E-state index in [4.69, 9.17) is 9.47 Å². The SMILES string of the molecule is CCCNCCOc1cccc(OCCC)c1[N+](=O)[O-]. The third-order valence-electron chi connectivity index (χ3n) is 2.57. The molecule has 6 nitrogen and oxygen atoms in total. The maximum atomic E-state index is 11.2. The van der Waals surface area contributed by atoms with Crippen molar-refractivity contribution in [2.75, 3.05) is 26.3 Å². The summed E-state index contributed by atoms with van der Waals surface area (Å²) in [5.74, 6) is 0.512. The molecule has 0 bridgehead atoms. The van der Waals surface area contributed by atoms with Crippen LogP contribution in [0, 0.1) is 10.1 Å². The zero-order valence-corrected chi connectivity index (χ0v) is 12.1. The molecule has 1 aromatic carbocycles. The number of nitro benzene ring substituents is 1. The predicted molar refractivity (Wildman–Crippen MR) is 77.5 cm³/mol. The number of benzene rings is 1. The molecule has 0 aliphatic carbocycles. The van der Waals surface area contributed by atoms with Gasteiger partial charge in [-0.05, 0) is 31.5 Å². The van der Waals surface area contributed by atoms with E-state index in [-0.39, 0.29) is 17.2 Å². The predicted octanol–water partition coefficient (Wildman–Crippen LogP) is 2.76. The summed E-state index contributed by atoms with van der Waals surface area (Å²) in [5.41, 5.74) is -0.101. The summed E-state index contributed by atoms with van der Waals surface area (Å²) >= 11 is 0. The van der Waals surface area contributed by atoms with Crippen LogP contribution in [0.1, 0.15) is 26.7 Å². The molecule has 0 atom stereocenters. The molecular weight excluding hydrogens is 260 g/mol. The van der Waals surface area contributed by atoms with Crippen molar-refractivity contribution in [1.29, 1.82) is 0 Å². The molecular formula is C14H22N2O4. The van der Waals surface area contributed by atoms with Gasteiger partial charge in [0, 0.05) is 6.54 Å². The van der Waals surface area contributed by atoms with Crippen molar-refractivity contribution < 1.29 is 14.4 Å². The van der Waals surface area contributed by atoms with Crippen molar-refractivity contribution in [3.63, 3.8) is 0 Å². The minimum absolute atomic E-state index is 0.101. The molecule has 0 spiro atoms. The van der Waals surface area contributed by atoms with Gasteiger partial charge in [-0.1, -0.05) is 19.9 Å². The Morgan fingerprint density at radius 3 is 2.30 bits per heavy atom. The van der Waals surface area contributed by atoms with E-state index in [0.29, 0.717) is 19.8 Å². The molecule has 1 N–H and O–H groups in total. The lowest BCUT2D eigenvalue weighted by molar-refractivity contribution is -0.386. The average Bonchev–Trinajstić information content (AvgIpc) is 2.44. The fourth-order valence-corrected chi connectivity index (χ4v) is 1.66. The highest BCUT2D eigenvalue weighted by Gasteiger charge is 2.22. The monoisotopic (exact) mass is 282 g/mol. The first-order valence-corrected chi connectivity index (χ1v) is 6.94. The van der Waals surface area contributed by atoms with Crippen LogP contribution in [0.4, 0.5) is 5.69 Å². The van der Waals surface area contributed by atoms with Gasteiger partial charge in [-0.15, -0.1) is 0 Å². The lowest BCUT2D eigenvalue weighted by atomic mass is 10.2. The third-order valence-corrected chi connectivity index (χ3v) is 2.57. The third kappa shape index (κ3) is 5.05. The summed E-state index contributed by atoms with van der Waals surface area (Å²) in [6, 6.07) is 4.89. The molecule has 0 saturated heterocycles. The average molecular weight is 282 g/mol. The largest absolute Gasteiger partial charge is 0.487 e. The number of ether oxygens (including phenoxy) is 2. The van der Waals surface area contributed by atoms with E-state index in [9.17, 15) is 10.1 Å². The van der Waals surface area contributed by atoms with E-state index in [1.165, 1.54) is 0 Å². The summed E-state index contributed by atoms with van der Waals surface area (Å²) < 4.78 is 10.9. The van der Waals surface area contributed by atoms with Gasteiger partial charge in [0.1, 0.15) is 6.61 Å². The fourth-order valence-electron chi connectivity index (χ4n) is 1.66. The highest BCUT2D eigenvalue weighted by molar-refractivity contribution is 5.57. The van der Waals surface area contributed by atoms with Gasteiger partial charge in [-0.2, -0.15) is 0 Å². The Kier molecular flexibility index (Phi) is 7.42. The van der Waals surface area contributed by atoms with Gasteiger partial charge in [-0.25, -0.2) is 0 Å². The zero-order valence-electron chi connectivity index (χ0n) is 12.1. The van der Waals surface area contributed by atoms with Crippen LogP contribution in [-0.2, 0) is 0 Å². The molecule has 6 heteroatoms. The molecule has 0 aliphatic heterocycles. The molecule has 0 aliphatic rings. The van der Waals surface area contributed by atoms with Crippen molar-refractivity contribution >= 4 is 5.69 Å². The molecule has 1 rings (SSSR count). The topological polar surface area (TPSA) is 73.6 Å². The highest BCUT2D eigenvalue weighted by atomic mass is 16.6. The maximum absolute atomic E-state index is 11.2. The molecule has 112 valence electrons. The maximum Gasteiger partial charge on any atom is 0.352 e. The van der Waals surface area contributed by atoms with Crippen LogP contribution in [0.2, 0.25) is 0 Å². The van der Waals surface area contributed by atoms with Gasteiger partial charge in [-0.3, -0.25) is 10.1 Å². The van der Waals surface area contributed by atoms with E-state index in [0.717, 1.165) is 19.4 Å². The quantitative estimate of drug-likeness (QED) is 0.406. The zero-order chi connectivity index (χ0) is 14.8. The number of nitro groups is 1. The van der Waals surface area contributed by atoms with Crippen LogP contribution < -0.4 is 14.8 Å². The standard InChI is InChI=1S/C14H22N2O4/c1-3-8-15-9-11-20-13-7-5-6-12(19-10-4-2)14(13)16(17)18/h5-7,15H,3-4,8-11H2,1-2H3. The van der Waals surface area contributed by atoms with E-state index < -0.39 is 4.92 Å². The number of nitrogens with one attached hydrogen (secondary N) is 1. The first-order chi connectivity index (χ1) is 9.70. The van der Waals surface area contributed by atoms with Crippen LogP contribution in [0.25, 0.3) is 0 Å². The van der Waals surface area contributed by atoms with Crippen LogP contribution in [0.5, 0.6) is 11.5 Å². The Morgan fingerprint density at radius 2 is 1.75 bits per heavy atom. The summed E-state index contributed by atoms with van der Waals surface area (Å²) in [6.07, 6.45) is 1.84. The fraction of sp³-hybridized carbons (Fsp3) is 0.571. The molecule has 20 heavy (non-hydrogen) atoms. The van der Waals surface area contributed by atoms with Crippen LogP contribution in [0.3, 0.4) is 0 Å². The number of hydrogen-bond acceptors (Lipinski definition) is 5. The number of para-hydroxylation sites is 1. The van der Waals surface area contributed by atoms with E-state index in [2.05, 4.69) is 12.2 Å². The highest BCUT2D eigenvalue weighted by Crippen LogP contribution is 2.36. The van der Waals surface area contributed by atoms with Gasteiger partial charge in [0.15, 0.2) is 0 Å². The Labute approximate surface area is 119 Å². The number of hydrogen-bond donors (Lipinski definition) is 1. The Balaban J connectivity index is 2.71. The minimum Gasteiger partial charge on any atom is -0.487 e. The van der Waals surface area contributed by atoms with Crippen molar-refractivity contribution in [3.8, 4) is 11.5 Å². The lowest BCUT2D eigenvalue weighted by Crippen LogP contribution is -2.21. The van der Waals surface area contributed by atoms with Gasteiger partial charge < -0.3 is 14.8 Å². The minimum atomic E-state index is -0.459. The Bertz CT molecular complexity index is 424. The smallest absolute Gasteiger partial charge is 0.352 e. The summed E-state index contributed by atoms with van der Waals surface area (Å²) in [5, 5.41) is 14.3.